The average Bonchev–Trinajstić information content (AvgIpc) is 2.56. The number of amides is 2. The lowest BCUT2D eigenvalue weighted by Crippen LogP contribution is -2.34. The molecule has 0 spiro atoms. The molecule has 1 N–H and O–H groups in total. The summed E-state index contributed by atoms with van der Waals surface area (Å²) in [4.78, 5) is 28.4. The molecule has 0 aliphatic heterocycles. The molecule has 2 rings (SSSR count). The Morgan fingerprint density at radius 1 is 1.17 bits per heavy atom. The number of carbonyl (C=O) groups is 2. The lowest BCUT2D eigenvalue weighted by Gasteiger charge is -2.22. The summed E-state index contributed by atoms with van der Waals surface area (Å²) >= 11 is 0. The Kier molecular flexibility index (Phi) is 5.95. The van der Waals surface area contributed by atoms with Gasteiger partial charge in [-0.15, -0.1) is 0 Å². The predicted molar refractivity (Wildman–Crippen MR) is 85.1 cm³/mol. The molecule has 7 heteroatoms. The van der Waals surface area contributed by atoms with E-state index >= 15 is 0 Å². The highest BCUT2D eigenvalue weighted by Gasteiger charge is 2.20. The van der Waals surface area contributed by atoms with Crippen LogP contribution in [0.1, 0.15) is 18.9 Å². The molecule has 0 saturated heterocycles. The highest BCUT2D eigenvalue weighted by atomic mass is 19.1. The van der Waals surface area contributed by atoms with Crippen LogP contribution in [-0.2, 0) is 16.1 Å². The summed E-state index contributed by atoms with van der Waals surface area (Å²) in [6.45, 7) is 1.37. The summed E-state index contributed by atoms with van der Waals surface area (Å²) in [5.74, 6) is -2.57. The van der Waals surface area contributed by atoms with Crippen molar-refractivity contribution in [2.45, 2.75) is 19.9 Å². The Morgan fingerprint density at radius 2 is 1.88 bits per heavy atom. The first kappa shape index (κ1) is 17.5. The maximum atomic E-state index is 13.8. The first-order valence-corrected chi connectivity index (χ1v) is 7.36. The minimum Gasteiger partial charge on any atom is -0.352 e. The van der Waals surface area contributed by atoms with Gasteiger partial charge in [0.2, 0.25) is 11.8 Å². The molecule has 24 heavy (non-hydrogen) atoms. The van der Waals surface area contributed by atoms with Crippen LogP contribution >= 0.6 is 0 Å². The molecule has 2 aromatic rings. The molecule has 0 radical (unpaired) electrons. The number of nitrogens with one attached hydrogen (secondary N) is 1. The number of pyridine rings is 1. The first-order chi connectivity index (χ1) is 11.5. The van der Waals surface area contributed by atoms with Crippen LogP contribution < -0.4 is 10.2 Å². The van der Waals surface area contributed by atoms with E-state index in [1.165, 1.54) is 13.0 Å². The topological polar surface area (TPSA) is 62.3 Å². The van der Waals surface area contributed by atoms with E-state index in [-0.39, 0.29) is 18.9 Å². The zero-order chi connectivity index (χ0) is 17.5. The summed E-state index contributed by atoms with van der Waals surface area (Å²) in [6.07, 6.45) is 3.17. The predicted octanol–water partition coefficient (Wildman–Crippen LogP) is 2.42. The third-order valence-corrected chi connectivity index (χ3v) is 3.36. The van der Waals surface area contributed by atoms with Gasteiger partial charge >= 0.3 is 0 Å². The number of carbonyl (C=O) groups excluding carboxylic acids is 2. The number of para-hydroxylation sites is 1. The van der Waals surface area contributed by atoms with E-state index in [0.717, 1.165) is 22.6 Å². The molecule has 0 atom stereocenters. The van der Waals surface area contributed by atoms with E-state index in [2.05, 4.69) is 10.3 Å². The van der Waals surface area contributed by atoms with Gasteiger partial charge in [-0.05, 0) is 23.8 Å². The highest BCUT2D eigenvalue weighted by molar-refractivity contribution is 5.92. The Bertz CT molecular complexity index is 703. The Morgan fingerprint density at radius 3 is 2.46 bits per heavy atom. The zero-order valence-corrected chi connectivity index (χ0v) is 13.1. The summed E-state index contributed by atoms with van der Waals surface area (Å²) in [5, 5.41) is 2.67. The number of halogens is 2. The van der Waals surface area contributed by atoms with Gasteiger partial charge in [0.25, 0.3) is 0 Å². The molecular formula is C17H17F2N3O2. The van der Waals surface area contributed by atoms with E-state index < -0.39 is 23.2 Å². The Labute approximate surface area is 138 Å². The first-order valence-electron chi connectivity index (χ1n) is 7.36. The van der Waals surface area contributed by atoms with Gasteiger partial charge in [0.05, 0.1) is 0 Å². The summed E-state index contributed by atoms with van der Waals surface area (Å²) < 4.78 is 27.6. The molecule has 0 fully saturated rings. The largest absolute Gasteiger partial charge is 0.352 e. The molecule has 0 aliphatic carbocycles. The van der Waals surface area contributed by atoms with E-state index in [4.69, 9.17) is 0 Å². The molecular weight excluding hydrogens is 316 g/mol. The van der Waals surface area contributed by atoms with Gasteiger partial charge in [-0.3, -0.25) is 14.6 Å². The monoisotopic (exact) mass is 333 g/mol. The van der Waals surface area contributed by atoms with Crippen molar-refractivity contribution in [2.24, 2.45) is 0 Å². The SMILES string of the molecule is CC(=O)N(CCC(=O)NCc1cccnc1)c1c(F)cccc1F. The summed E-state index contributed by atoms with van der Waals surface area (Å²) in [6, 6.07) is 6.91. The van der Waals surface area contributed by atoms with Crippen LogP contribution in [0.15, 0.2) is 42.7 Å². The molecule has 0 saturated carbocycles. The van der Waals surface area contributed by atoms with Crippen molar-refractivity contribution in [2.75, 3.05) is 11.4 Å². The second-order valence-corrected chi connectivity index (χ2v) is 5.13. The summed E-state index contributed by atoms with van der Waals surface area (Å²) in [7, 11) is 0. The Balaban J connectivity index is 1.97. The standard InChI is InChI=1S/C17H17F2N3O2/c1-12(23)22(17-14(18)5-2-6-15(17)19)9-7-16(24)21-11-13-4-3-8-20-10-13/h2-6,8,10H,7,9,11H2,1H3,(H,21,24). The minimum atomic E-state index is -0.846. The molecule has 1 aromatic heterocycles. The lowest BCUT2D eigenvalue weighted by molar-refractivity contribution is -0.121. The van der Waals surface area contributed by atoms with E-state index in [1.54, 1.807) is 18.5 Å². The summed E-state index contributed by atoms with van der Waals surface area (Å²) in [5.41, 5.74) is 0.388. The number of rotatable bonds is 6. The molecule has 126 valence electrons. The lowest BCUT2D eigenvalue weighted by atomic mass is 10.2. The normalized spacial score (nSPS) is 10.3. The maximum Gasteiger partial charge on any atom is 0.224 e. The van der Waals surface area contributed by atoms with Crippen molar-refractivity contribution in [3.63, 3.8) is 0 Å². The number of hydrogen-bond acceptors (Lipinski definition) is 3. The van der Waals surface area contributed by atoms with Gasteiger partial charge in [0.1, 0.15) is 17.3 Å². The molecule has 0 unspecified atom stereocenters. The van der Waals surface area contributed by atoms with E-state index in [1.807, 2.05) is 6.07 Å². The third kappa shape index (κ3) is 4.58. The number of aromatic nitrogens is 1. The number of hydrogen-bond donors (Lipinski definition) is 1. The van der Waals surface area contributed by atoms with Crippen molar-refractivity contribution in [1.82, 2.24) is 10.3 Å². The van der Waals surface area contributed by atoms with E-state index in [0.29, 0.717) is 6.54 Å². The quantitative estimate of drug-likeness (QED) is 0.883. The number of benzene rings is 1. The van der Waals surface area contributed by atoms with Crippen molar-refractivity contribution >= 4 is 17.5 Å². The minimum absolute atomic E-state index is 0.0758. The highest BCUT2D eigenvalue weighted by Crippen LogP contribution is 2.23. The van der Waals surface area contributed by atoms with Gasteiger partial charge in [0.15, 0.2) is 0 Å². The van der Waals surface area contributed by atoms with Crippen LogP contribution in [0.25, 0.3) is 0 Å². The molecule has 2 amide bonds. The van der Waals surface area contributed by atoms with Gasteiger partial charge in [0, 0.05) is 38.8 Å². The van der Waals surface area contributed by atoms with E-state index in [9.17, 15) is 18.4 Å². The maximum absolute atomic E-state index is 13.8. The molecule has 1 heterocycles. The second-order valence-electron chi connectivity index (χ2n) is 5.13. The van der Waals surface area contributed by atoms with Crippen molar-refractivity contribution < 1.29 is 18.4 Å². The molecule has 0 bridgehead atoms. The van der Waals surface area contributed by atoms with Crippen LogP contribution in [0.5, 0.6) is 0 Å². The van der Waals surface area contributed by atoms with Crippen molar-refractivity contribution in [3.8, 4) is 0 Å². The van der Waals surface area contributed by atoms with Crippen LogP contribution in [0.4, 0.5) is 14.5 Å². The fourth-order valence-electron chi connectivity index (χ4n) is 2.18. The van der Waals surface area contributed by atoms with Crippen LogP contribution in [0.2, 0.25) is 0 Å². The van der Waals surface area contributed by atoms with Crippen LogP contribution in [0.3, 0.4) is 0 Å². The van der Waals surface area contributed by atoms with Crippen molar-refractivity contribution in [1.29, 1.82) is 0 Å². The number of nitrogens with zero attached hydrogens (tertiary/aromatic N) is 2. The molecule has 1 aromatic carbocycles. The van der Waals surface area contributed by atoms with Crippen LogP contribution in [-0.4, -0.2) is 23.3 Å². The fraction of sp³-hybridized carbons (Fsp3) is 0.235. The van der Waals surface area contributed by atoms with Gasteiger partial charge in [-0.2, -0.15) is 0 Å². The fourth-order valence-corrected chi connectivity index (χ4v) is 2.18. The number of anilines is 1. The molecule has 0 aliphatic rings. The Hall–Kier alpha value is -2.83. The third-order valence-electron chi connectivity index (χ3n) is 3.36. The zero-order valence-electron chi connectivity index (χ0n) is 13.1. The van der Waals surface area contributed by atoms with Gasteiger partial charge in [-0.1, -0.05) is 12.1 Å². The second kappa shape index (κ2) is 8.14. The van der Waals surface area contributed by atoms with Gasteiger partial charge in [-0.25, -0.2) is 8.78 Å². The smallest absolute Gasteiger partial charge is 0.224 e. The van der Waals surface area contributed by atoms with Crippen molar-refractivity contribution in [3.05, 3.63) is 59.9 Å². The van der Waals surface area contributed by atoms with Crippen LogP contribution in [0, 0.1) is 11.6 Å². The van der Waals surface area contributed by atoms with Gasteiger partial charge < -0.3 is 10.2 Å². The average molecular weight is 333 g/mol. The molecule has 5 nitrogen and oxygen atoms in total.